The van der Waals surface area contributed by atoms with Gasteiger partial charge in [-0.1, -0.05) is 41.4 Å². The number of hydrogen-bond donors (Lipinski definition) is 1. The number of hydrogen-bond acceptors (Lipinski definition) is 3. The quantitative estimate of drug-likeness (QED) is 0.829. The van der Waals surface area contributed by atoms with Gasteiger partial charge in [-0.15, -0.1) is 0 Å². The van der Waals surface area contributed by atoms with E-state index < -0.39 is 10.2 Å². The molecule has 0 radical (unpaired) electrons. The van der Waals surface area contributed by atoms with Crippen molar-refractivity contribution in [3.8, 4) is 0 Å². The fourth-order valence-corrected chi connectivity index (χ4v) is 4.45. The van der Waals surface area contributed by atoms with Gasteiger partial charge in [0.2, 0.25) is 0 Å². The van der Waals surface area contributed by atoms with Crippen LogP contribution in [-0.2, 0) is 16.8 Å². The van der Waals surface area contributed by atoms with Crippen LogP contribution in [-0.4, -0.2) is 45.3 Å². The summed E-state index contributed by atoms with van der Waals surface area (Å²) in [5, 5.41) is 1.21. The van der Waals surface area contributed by atoms with Gasteiger partial charge in [0.25, 0.3) is 0 Å². The van der Waals surface area contributed by atoms with Gasteiger partial charge in [-0.05, 0) is 41.9 Å². The number of nitrogens with one attached hydrogen (secondary N) is 1. The average Bonchev–Trinajstić information content (AvgIpc) is 2.55. The van der Waals surface area contributed by atoms with E-state index in [9.17, 15) is 8.42 Å². The molecule has 0 aliphatic carbocycles. The molecule has 0 saturated carbocycles. The Kier molecular flexibility index (Phi) is 5.51. The lowest BCUT2D eigenvalue weighted by Crippen LogP contribution is -2.33. The summed E-state index contributed by atoms with van der Waals surface area (Å²) < 4.78 is 28.5. The van der Waals surface area contributed by atoms with Crippen LogP contribution < -0.4 is 4.72 Å². The van der Waals surface area contributed by atoms with Gasteiger partial charge in [0.05, 0.1) is 5.69 Å². The average molecular weight is 414 g/mol. The summed E-state index contributed by atoms with van der Waals surface area (Å²) in [5.74, 6) is -0.0407. The summed E-state index contributed by atoms with van der Waals surface area (Å²) in [6, 6.07) is 11.1. The standard InChI is InChI=1S/C18H21Cl2N3O2S/c1-22(2)26(24,25)21-18-7-5-4-6-13(18)15-10-23(3)11-16-14(15)8-12(19)9-17(16)20/h4-9,15,21H,10-11H2,1-3H3. The Morgan fingerprint density at radius 1 is 1.15 bits per heavy atom. The number of rotatable bonds is 4. The van der Waals surface area contributed by atoms with Gasteiger partial charge in [-0.25, -0.2) is 0 Å². The molecular formula is C18H21Cl2N3O2S. The van der Waals surface area contributed by atoms with Crippen LogP contribution in [0.1, 0.15) is 22.6 Å². The number of likely N-dealkylation sites (N-methyl/N-ethyl adjacent to an activating group) is 1. The monoisotopic (exact) mass is 413 g/mol. The van der Waals surface area contributed by atoms with Gasteiger partial charge in [-0.2, -0.15) is 12.7 Å². The lowest BCUT2D eigenvalue weighted by molar-refractivity contribution is 0.295. The first kappa shape index (κ1) is 19.5. The molecule has 2 aromatic carbocycles. The molecule has 0 fully saturated rings. The Hall–Kier alpha value is -1.31. The highest BCUT2D eigenvalue weighted by atomic mass is 35.5. The third-order valence-corrected chi connectivity index (χ3v) is 6.54. The summed E-state index contributed by atoms with van der Waals surface area (Å²) in [6.45, 7) is 1.47. The molecule has 1 unspecified atom stereocenters. The molecule has 0 amide bonds. The molecule has 8 heteroatoms. The van der Waals surface area contributed by atoms with E-state index in [1.807, 2.05) is 31.3 Å². The molecule has 26 heavy (non-hydrogen) atoms. The topological polar surface area (TPSA) is 52.7 Å². The van der Waals surface area contributed by atoms with Crippen LogP contribution in [0.25, 0.3) is 0 Å². The molecule has 2 aromatic rings. The Balaban J connectivity index is 2.12. The highest BCUT2D eigenvalue weighted by Crippen LogP contribution is 2.40. The highest BCUT2D eigenvalue weighted by molar-refractivity contribution is 7.90. The minimum Gasteiger partial charge on any atom is -0.301 e. The van der Waals surface area contributed by atoms with Crippen molar-refractivity contribution < 1.29 is 8.42 Å². The van der Waals surface area contributed by atoms with Crippen LogP contribution in [0.4, 0.5) is 5.69 Å². The van der Waals surface area contributed by atoms with E-state index in [0.29, 0.717) is 15.7 Å². The maximum atomic E-state index is 12.3. The van der Waals surface area contributed by atoms with E-state index in [4.69, 9.17) is 23.2 Å². The molecule has 1 aliphatic rings. The fraction of sp³-hybridized carbons (Fsp3) is 0.333. The van der Waals surface area contributed by atoms with Crippen LogP contribution in [0, 0.1) is 0 Å². The first-order valence-electron chi connectivity index (χ1n) is 8.14. The number of nitrogens with zero attached hydrogens (tertiary/aromatic N) is 2. The predicted molar refractivity (Wildman–Crippen MR) is 107 cm³/mol. The van der Waals surface area contributed by atoms with E-state index >= 15 is 0 Å². The van der Waals surface area contributed by atoms with Gasteiger partial charge in [0.1, 0.15) is 0 Å². The van der Waals surface area contributed by atoms with Crippen molar-refractivity contribution in [1.82, 2.24) is 9.21 Å². The van der Waals surface area contributed by atoms with Crippen molar-refractivity contribution >= 4 is 39.1 Å². The van der Waals surface area contributed by atoms with Crippen LogP contribution >= 0.6 is 23.2 Å². The second kappa shape index (κ2) is 7.37. The third kappa shape index (κ3) is 3.85. The second-order valence-electron chi connectivity index (χ2n) is 6.68. The number of fused-ring (bicyclic) bond motifs is 1. The van der Waals surface area contributed by atoms with Crippen LogP contribution in [0.2, 0.25) is 10.0 Å². The van der Waals surface area contributed by atoms with Crippen molar-refractivity contribution in [2.45, 2.75) is 12.5 Å². The predicted octanol–water partition coefficient (Wildman–Crippen LogP) is 3.79. The Bertz CT molecular complexity index is 932. The molecule has 1 aliphatic heterocycles. The zero-order valence-corrected chi connectivity index (χ0v) is 17.2. The summed E-state index contributed by atoms with van der Waals surface area (Å²) in [4.78, 5) is 2.17. The minimum absolute atomic E-state index is 0.0407. The molecule has 3 rings (SSSR count). The third-order valence-electron chi connectivity index (χ3n) is 4.55. The first-order chi connectivity index (χ1) is 12.2. The normalized spacial score (nSPS) is 18.0. The van der Waals surface area contributed by atoms with E-state index in [0.717, 1.165) is 34.1 Å². The van der Waals surface area contributed by atoms with Crippen LogP contribution in [0.15, 0.2) is 36.4 Å². The Morgan fingerprint density at radius 2 is 1.85 bits per heavy atom. The maximum absolute atomic E-state index is 12.3. The smallest absolute Gasteiger partial charge is 0.301 e. The summed E-state index contributed by atoms with van der Waals surface area (Å²) >= 11 is 12.7. The molecule has 1 atom stereocenters. The lowest BCUT2D eigenvalue weighted by atomic mass is 9.84. The summed E-state index contributed by atoms with van der Waals surface area (Å²) in [5.41, 5.74) is 3.52. The van der Waals surface area contributed by atoms with Crippen molar-refractivity contribution in [3.63, 3.8) is 0 Å². The molecular weight excluding hydrogens is 393 g/mol. The Morgan fingerprint density at radius 3 is 2.54 bits per heavy atom. The fourth-order valence-electron chi connectivity index (χ4n) is 3.24. The largest absolute Gasteiger partial charge is 0.301 e. The van der Waals surface area contributed by atoms with Crippen LogP contribution in [0.5, 0.6) is 0 Å². The highest BCUT2D eigenvalue weighted by Gasteiger charge is 2.29. The van der Waals surface area contributed by atoms with Crippen molar-refractivity contribution in [2.75, 3.05) is 32.4 Å². The van der Waals surface area contributed by atoms with Gasteiger partial charge in [0, 0.05) is 43.1 Å². The first-order valence-corrected chi connectivity index (χ1v) is 10.3. The van der Waals surface area contributed by atoms with Gasteiger partial charge in [0.15, 0.2) is 0 Å². The Labute approximate surface area is 164 Å². The molecule has 1 heterocycles. The number of halogens is 2. The number of para-hydroxylation sites is 1. The van der Waals surface area contributed by atoms with Crippen molar-refractivity contribution in [1.29, 1.82) is 0 Å². The summed E-state index contributed by atoms with van der Waals surface area (Å²) in [7, 11) is 1.41. The number of anilines is 1. The van der Waals surface area contributed by atoms with Crippen LogP contribution in [0.3, 0.4) is 0 Å². The van der Waals surface area contributed by atoms with E-state index in [1.54, 1.807) is 12.1 Å². The number of benzene rings is 2. The van der Waals surface area contributed by atoms with Gasteiger partial charge < -0.3 is 4.90 Å². The molecule has 5 nitrogen and oxygen atoms in total. The molecule has 0 saturated heterocycles. The summed E-state index contributed by atoms with van der Waals surface area (Å²) in [6.07, 6.45) is 0. The van der Waals surface area contributed by atoms with Crippen molar-refractivity contribution in [3.05, 3.63) is 63.1 Å². The van der Waals surface area contributed by atoms with Crippen molar-refractivity contribution in [2.24, 2.45) is 0 Å². The molecule has 0 spiro atoms. The van der Waals surface area contributed by atoms with E-state index in [-0.39, 0.29) is 5.92 Å². The zero-order valence-electron chi connectivity index (χ0n) is 14.8. The van der Waals surface area contributed by atoms with E-state index in [2.05, 4.69) is 9.62 Å². The minimum atomic E-state index is -3.60. The molecule has 140 valence electrons. The maximum Gasteiger partial charge on any atom is 0.301 e. The zero-order chi connectivity index (χ0) is 19.1. The SMILES string of the molecule is CN1Cc2c(Cl)cc(Cl)cc2C(c2ccccc2NS(=O)(=O)N(C)C)C1. The molecule has 0 bridgehead atoms. The van der Waals surface area contributed by atoms with E-state index in [1.165, 1.54) is 14.1 Å². The van der Waals surface area contributed by atoms with Gasteiger partial charge in [-0.3, -0.25) is 4.72 Å². The van der Waals surface area contributed by atoms with Gasteiger partial charge >= 0.3 is 10.2 Å². The molecule has 1 N–H and O–H groups in total. The molecule has 0 aromatic heterocycles. The lowest BCUT2D eigenvalue weighted by Gasteiger charge is -2.34. The second-order valence-corrected chi connectivity index (χ2v) is 9.41.